The van der Waals surface area contributed by atoms with Gasteiger partial charge in [0.25, 0.3) is 0 Å². The van der Waals surface area contributed by atoms with Crippen molar-refractivity contribution in [2.45, 2.75) is 83.6 Å². The van der Waals surface area contributed by atoms with Crippen molar-refractivity contribution in [3.8, 4) is 0 Å². The smallest absolute Gasteiger partial charge is 0.305 e. The monoisotopic (exact) mass is 628 g/mol. The van der Waals surface area contributed by atoms with Gasteiger partial charge in [-0.1, -0.05) is 45.9 Å². The lowest BCUT2D eigenvalue weighted by atomic mass is 9.98. The molecule has 0 radical (unpaired) electrons. The van der Waals surface area contributed by atoms with Gasteiger partial charge in [-0.3, -0.25) is 33.6 Å². The molecule has 15 heteroatoms. The summed E-state index contributed by atoms with van der Waals surface area (Å²) in [5.41, 5.74) is 1.41. The van der Waals surface area contributed by atoms with E-state index in [-0.39, 0.29) is 18.8 Å². The molecule has 1 aliphatic rings. The number of carbonyl (C=O) groups excluding carboxylic acids is 5. The predicted octanol–water partition coefficient (Wildman–Crippen LogP) is -0.200. The van der Waals surface area contributed by atoms with Gasteiger partial charge in [0, 0.05) is 23.5 Å². The first-order valence-corrected chi connectivity index (χ1v) is 14.7. The van der Waals surface area contributed by atoms with Crippen LogP contribution in [0.1, 0.15) is 52.5 Å². The fraction of sp³-hybridized carbons (Fsp3) is 0.500. The number of para-hydroxylation sites is 1. The maximum Gasteiger partial charge on any atom is 0.305 e. The molecule has 3 rings (SSSR count). The Morgan fingerprint density at radius 3 is 1.73 bits per heavy atom. The predicted molar refractivity (Wildman–Crippen MR) is 160 cm³/mol. The molecule has 0 aliphatic carbocycles. The lowest BCUT2D eigenvalue weighted by molar-refractivity contribution is -0.143. The highest BCUT2D eigenvalue weighted by Crippen LogP contribution is 2.20. The number of fused-ring (bicyclic) bond motifs is 1. The minimum Gasteiger partial charge on any atom is -0.481 e. The molecule has 1 aromatic heterocycles. The fourth-order valence-electron chi connectivity index (χ4n) is 5.07. The summed E-state index contributed by atoms with van der Waals surface area (Å²) >= 11 is 0. The van der Waals surface area contributed by atoms with Gasteiger partial charge in [0.1, 0.15) is 30.2 Å². The van der Waals surface area contributed by atoms with E-state index in [1.165, 1.54) is 0 Å². The van der Waals surface area contributed by atoms with Crippen molar-refractivity contribution in [2.24, 2.45) is 11.8 Å². The molecule has 0 saturated carbocycles. The summed E-state index contributed by atoms with van der Waals surface area (Å²) in [6.07, 6.45) is -0.0352. The minimum atomic E-state index is -1.74. The average Bonchev–Trinajstić information content (AvgIpc) is 3.35. The second kappa shape index (κ2) is 15.2. The van der Waals surface area contributed by atoms with Crippen LogP contribution in [-0.2, 0) is 40.0 Å². The first-order valence-electron chi connectivity index (χ1n) is 14.7. The van der Waals surface area contributed by atoms with Gasteiger partial charge in [-0.15, -0.1) is 0 Å². The highest BCUT2D eigenvalue weighted by molar-refractivity contribution is 5.99. The third-order valence-electron chi connectivity index (χ3n) is 7.34. The number of H-pyrrole nitrogens is 1. The van der Waals surface area contributed by atoms with Crippen molar-refractivity contribution in [1.82, 2.24) is 31.6 Å². The lowest BCUT2D eigenvalue weighted by Crippen LogP contribution is -2.59. The Balaban J connectivity index is 2.10. The Morgan fingerprint density at radius 2 is 1.18 bits per heavy atom. The van der Waals surface area contributed by atoms with Crippen molar-refractivity contribution in [3.63, 3.8) is 0 Å². The van der Waals surface area contributed by atoms with Crippen LogP contribution >= 0.6 is 0 Å². The van der Waals surface area contributed by atoms with Crippen LogP contribution < -0.4 is 26.6 Å². The Labute approximate surface area is 259 Å². The van der Waals surface area contributed by atoms with Crippen molar-refractivity contribution in [2.75, 3.05) is 0 Å². The van der Waals surface area contributed by atoms with E-state index in [0.717, 1.165) is 10.9 Å². The number of nitrogens with one attached hydrogen (secondary N) is 6. The van der Waals surface area contributed by atoms with Crippen molar-refractivity contribution in [1.29, 1.82) is 0 Å². The SMILES string of the molecule is CC(C)C[C@@H]1NC(=O)[C@@H](C(C)C)NC(=O)[C@H](CC(=O)O)NC(=O)[C@@H](CC(=O)O)NC(=O)[C@@H](Cc2c[nH]c3ccccc23)NC1=O. The molecule has 5 amide bonds. The van der Waals surface area contributed by atoms with Crippen LogP contribution in [0.4, 0.5) is 0 Å². The quantitative estimate of drug-likeness (QED) is 0.183. The second-order valence-corrected chi connectivity index (χ2v) is 11.9. The highest BCUT2D eigenvalue weighted by Gasteiger charge is 2.37. The van der Waals surface area contributed by atoms with Crippen LogP contribution in [0.25, 0.3) is 10.9 Å². The van der Waals surface area contributed by atoms with Crippen LogP contribution in [0, 0.1) is 11.8 Å². The number of benzene rings is 1. The Morgan fingerprint density at radius 1 is 0.689 bits per heavy atom. The lowest BCUT2D eigenvalue weighted by Gasteiger charge is -2.28. The molecule has 2 heterocycles. The average molecular weight is 629 g/mol. The first-order chi connectivity index (χ1) is 21.2. The van der Waals surface area contributed by atoms with E-state index in [9.17, 15) is 43.8 Å². The van der Waals surface area contributed by atoms with Gasteiger partial charge < -0.3 is 41.8 Å². The first kappa shape index (κ1) is 34.5. The summed E-state index contributed by atoms with van der Waals surface area (Å²) in [6, 6.07) is 0.111. The van der Waals surface area contributed by atoms with E-state index in [4.69, 9.17) is 0 Å². The number of carboxylic acids is 2. The van der Waals surface area contributed by atoms with Crippen LogP contribution in [0.15, 0.2) is 30.5 Å². The van der Waals surface area contributed by atoms with Crippen LogP contribution in [-0.4, -0.2) is 86.9 Å². The number of amides is 5. The molecule has 1 aliphatic heterocycles. The van der Waals surface area contributed by atoms with Gasteiger partial charge in [-0.25, -0.2) is 0 Å². The van der Waals surface area contributed by atoms with Crippen LogP contribution in [0.3, 0.4) is 0 Å². The number of aromatic amines is 1. The summed E-state index contributed by atoms with van der Waals surface area (Å²) in [4.78, 5) is 93.6. The Kier molecular flexibility index (Phi) is 11.6. The van der Waals surface area contributed by atoms with Crippen molar-refractivity contribution >= 4 is 52.4 Å². The number of hydrogen-bond donors (Lipinski definition) is 8. The molecule has 8 N–H and O–H groups in total. The molecule has 1 aromatic carbocycles. The number of rotatable bonds is 9. The zero-order valence-electron chi connectivity index (χ0n) is 25.5. The molecule has 15 nitrogen and oxygen atoms in total. The van der Waals surface area contributed by atoms with Gasteiger partial charge in [0.05, 0.1) is 12.8 Å². The number of carboxylic acid groups (broad SMARTS) is 2. The van der Waals surface area contributed by atoms with E-state index in [2.05, 4.69) is 31.6 Å². The zero-order valence-corrected chi connectivity index (χ0v) is 25.5. The molecule has 45 heavy (non-hydrogen) atoms. The molecule has 1 saturated heterocycles. The summed E-state index contributed by atoms with van der Waals surface area (Å²) in [7, 11) is 0. The van der Waals surface area contributed by atoms with Crippen LogP contribution in [0.5, 0.6) is 0 Å². The molecular formula is C30H40N6O9. The van der Waals surface area contributed by atoms with Gasteiger partial charge in [0.15, 0.2) is 0 Å². The third kappa shape index (κ3) is 9.52. The highest BCUT2D eigenvalue weighted by atomic mass is 16.4. The van der Waals surface area contributed by atoms with Gasteiger partial charge in [-0.05, 0) is 29.9 Å². The van der Waals surface area contributed by atoms with Gasteiger partial charge in [-0.2, -0.15) is 0 Å². The molecule has 0 unspecified atom stereocenters. The van der Waals surface area contributed by atoms with Crippen molar-refractivity contribution < 1.29 is 43.8 Å². The molecule has 0 spiro atoms. The standard InChI is InChI=1S/C30H40N6O9/c1-14(2)9-19-26(41)32-20(10-16-13-31-18-8-6-5-7-17(16)18)27(42)33-21(11-23(37)38)28(43)34-22(12-24(39)40)29(44)36-25(15(3)4)30(45)35-19/h5-8,13-15,19-22,25,31H,9-12H2,1-4H3,(H,32,41)(H,33,42)(H,34,43)(H,35,45)(H,36,44)(H,37,38)(H,39,40)/t19-,20+,21+,22-,25+/m0/s1. The van der Waals surface area contributed by atoms with Gasteiger partial charge in [0.2, 0.25) is 29.5 Å². The normalized spacial score (nSPS) is 23.8. The molecule has 2 aromatic rings. The zero-order chi connectivity index (χ0) is 33.4. The molecule has 5 atom stereocenters. The summed E-state index contributed by atoms with van der Waals surface area (Å²) in [5, 5.41) is 32.0. The maximum atomic E-state index is 13.7. The summed E-state index contributed by atoms with van der Waals surface area (Å²) < 4.78 is 0. The van der Waals surface area contributed by atoms with E-state index in [0.29, 0.717) is 5.56 Å². The maximum absolute atomic E-state index is 13.7. The van der Waals surface area contributed by atoms with Crippen molar-refractivity contribution in [3.05, 3.63) is 36.0 Å². The van der Waals surface area contributed by atoms with E-state index >= 15 is 0 Å². The largest absolute Gasteiger partial charge is 0.481 e. The number of aromatic nitrogens is 1. The molecule has 244 valence electrons. The third-order valence-corrected chi connectivity index (χ3v) is 7.34. The topological polar surface area (TPSA) is 236 Å². The summed E-state index contributed by atoms with van der Waals surface area (Å²) in [5.74, 6) is -8.01. The van der Waals surface area contributed by atoms with E-state index < -0.39 is 90.4 Å². The summed E-state index contributed by atoms with van der Waals surface area (Å²) in [6.45, 7) is 6.92. The molecule has 1 fully saturated rings. The number of aliphatic carboxylic acids is 2. The Bertz CT molecular complexity index is 1450. The number of hydrogen-bond acceptors (Lipinski definition) is 7. The minimum absolute atomic E-state index is 0.0678. The molecule has 0 bridgehead atoms. The fourth-order valence-corrected chi connectivity index (χ4v) is 5.07. The Hall–Kier alpha value is -4.95. The van der Waals surface area contributed by atoms with E-state index in [1.54, 1.807) is 26.1 Å². The van der Waals surface area contributed by atoms with E-state index in [1.807, 2.05) is 32.0 Å². The number of carbonyl (C=O) groups is 7. The van der Waals surface area contributed by atoms with Gasteiger partial charge >= 0.3 is 11.9 Å². The molecular weight excluding hydrogens is 588 g/mol. The second-order valence-electron chi connectivity index (χ2n) is 11.9. The van der Waals surface area contributed by atoms with Crippen LogP contribution in [0.2, 0.25) is 0 Å².